The van der Waals surface area contributed by atoms with Gasteiger partial charge in [0.15, 0.2) is 0 Å². The Morgan fingerprint density at radius 3 is 2.00 bits per heavy atom. The normalized spacial score (nSPS) is 11.4. The molecule has 0 atom stereocenters. The molecule has 21 heavy (non-hydrogen) atoms. The molecule has 1 heterocycles. The first kappa shape index (κ1) is 18.3. The maximum atomic E-state index is 2.34. The van der Waals surface area contributed by atoms with Gasteiger partial charge < -0.3 is 0 Å². The number of aromatic nitrogens is 2. The summed E-state index contributed by atoms with van der Waals surface area (Å²) in [6.45, 7) is 9.14. The Hall–Kier alpha value is -0.790. The van der Waals surface area contributed by atoms with Crippen LogP contribution in [0, 0.1) is 5.92 Å². The zero-order valence-electron chi connectivity index (χ0n) is 14.7. The molecule has 0 saturated carbocycles. The molecule has 0 bridgehead atoms. The van der Waals surface area contributed by atoms with Gasteiger partial charge in [0.1, 0.15) is 12.4 Å². The topological polar surface area (TPSA) is 8.81 Å². The standard InChI is InChI=1S/C19H37N2/c1-4-5-6-7-8-9-10-11-12-13-14-20-15-16-21(18-20)17-19(2)3/h15-16,18-19H,4-14,17H2,1-3H3/q+1. The van der Waals surface area contributed by atoms with Gasteiger partial charge >= 0.3 is 0 Å². The molecule has 0 aliphatic heterocycles. The van der Waals surface area contributed by atoms with Crippen molar-refractivity contribution in [2.24, 2.45) is 5.92 Å². The Morgan fingerprint density at radius 2 is 1.43 bits per heavy atom. The van der Waals surface area contributed by atoms with Crippen molar-refractivity contribution in [3.8, 4) is 0 Å². The lowest BCUT2D eigenvalue weighted by molar-refractivity contribution is -0.701. The van der Waals surface area contributed by atoms with Crippen LogP contribution in [0.4, 0.5) is 0 Å². The number of hydrogen-bond donors (Lipinski definition) is 0. The van der Waals surface area contributed by atoms with Crippen molar-refractivity contribution in [1.29, 1.82) is 0 Å². The molecule has 2 heteroatoms. The molecule has 0 unspecified atom stereocenters. The van der Waals surface area contributed by atoms with Crippen molar-refractivity contribution in [2.75, 3.05) is 0 Å². The molecule has 0 amide bonds. The summed E-state index contributed by atoms with van der Waals surface area (Å²) in [7, 11) is 0. The first-order valence-corrected chi connectivity index (χ1v) is 9.27. The molecule has 0 radical (unpaired) electrons. The minimum absolute atomic E-state index is 0.725. The highest BCUT2D eigenvalue weighted by atomic mass is 15.1. The maximum absolute atomic E-state index is 2.34. The van der Waals surface area contributed by atoms with Crippen molar-refractivity contribution < 1.29 is 4.57 Å². The van der Waals surface area contributed by atoms with E-state index in [2.05, 4.69) is 48.6 Å². The SMILES string of the molecule is CCCCCCCCCCCCn1cc[n+](CC(C)C)c1. The first-order valence-electron chi connectivity index (χ1n) is 9.27. The molecule has 0 saturated heterocycles. The van der Waals surface area contributed by atoms with E-state index in [1.807, 2.05) is 0 Å². The predicted octanol–water partition coefficient (Wildman–Crippen LogP) is 5.35. The van der Waals surface area contributed by atoms with Crippen LogP contribution in [-0.2, 0) is 13.1 Å². The van der Waals surface area contributed by atoms with Crippen molar-refractivity contribution in [1.82, 2.24) is 4.57 Å². The van der Waals surface area contributed by atoms with Crippen LogP contribution >= 0.6 is 0 Å². The second kappa shape index (κ2) is 11.8. The molecule has 0 aliphatic carbocycles. The van der Waals surface area contributed by atoms with E-state index in [0.717, 1.165) is 12.5 Å². The average molecular weight is 294 g/mol. The zero-order valence-corrected chi connectivity index (χ0v) is 14.7. The van der Waals surface area contributed by atoms with E-state index < -0.39 is 0 Å². The number of unbranched alkanes of at least 4 members (excludes halogenated alkanes) is 9. The number of hydrogen-bond acceptors (Lipinski definition) is 0. The number of imidazole rings is 1. The number of nitrogens with zero attached hydrogens (tertiary/aromatic N) is 2. The van der Waals surface area contributed by atoms with Crippen molar-refractivity contribution in [2.45, 2.75) is 98.1 Å². The van der Waals surface area contributed by atoms with Gasteiger partial charge in [-0.2, -0.15) is 0 Å². The van der Waals surface area contributed by atoms with Gasteiger partial charge in [0.25, 0.3) is 0 Å². The van der Waals surface area contributed by atoms with Gasteiger partial charge in [-0.15, -0.1) is 0 Å². The van der Waals surface area contributed by atoms with Crippen molar-refractivity contribution in [3.05, 3.63) is 18.7 Å². The van der Waals surface area contributed by atoms with Gasteiger partial charge in [0.05, 0.1) is 13.1 Å². The second-order valence-electron chi connectivity index (χ2n) is 6.92. The highest BCUT2D eigenvalue weighted by Crippen LogP contribution is 2.10. The molecule has 0 aliphatic rings. The molecule has 0 spiro atoms. The quantitative estimate of drug-likeness (QED) is 0.342. The van der Waals surface area contributed by atoms with Crippen LogP contribution in [0.15, 0.2) is 18.7 Å². The summed E-state index contributed by atoms with van der Waals surface area (Å²) >= 11 is 0. The fourth-order valence-electron chi connectivity index (χ4n) is 2.88. The van der Waals surface area contributed by atoms with Gasteiger partial charge in [0.2, 0.25) is 6.33 Å². The molecule has 1 rings (SSSR count). The van der Waals surface area contributed by atoms with Gasteiger partial charge in [-0.3, -0.25) is 0 Å². The summed E-state index contributed by atoms with van der Waals surface area (Å²) in [5, 5.41) is 0. The Labute approximate surface area is 132 Å². The molecule has 1 aromatic heterocycles. The van der Waals surface area contributed by atoms with E-state index in [1.165, 1.54) is 70.8 Å². The molecule has 122 valence electrons. The van der Waals surface area contributed by atoms with Crippen LogP contribution in [-0.4, -0.2) is 4.57 Å². The molecular weight excluding hydrogens is 256 g/mol. The second-order valence-corrected chi connectivity index (χ2v) is 6.92. The van der Waals surface area contributed by atoms with Gasteiger partial charge in [-0.05, 0) is 18.8 Å². The third-order valence-electron chi connectivity index (χ3n) is 4.09. The summed E-state index contributed by atoms with van der Waals surface area (Å²) < 4.78 is 4.65. The van der Waals surface area contributed by atoms with Crippen molar-refractivity contribution >= 4 is 0 Å². The smallest absolute Gasteiger partial charge is 0.237 e. The molecule has 1 aromatic rings. The van der Waals surface area contributed by atoms with Crippen LogP contribution in [0.25, 0.3) is 0 Å². The third-order valence-corrected chi connectivity index (χ3v) is 4.09. The van der Waals surface area contributed by atoms with E-state index in [9.17, 15) is 0 Å². The largest absolute Gasteiger partial charge is 0.243 e. The van der Waals surface area contributed by atoms with Gasteiger partial charge in [0, 0.05) is 0 Å². The monoisotopic (exact) mass is 293 g/mol. The molecule has 2 nitrogen and oxygen atoms in total. The van der Waals surface area contributed by atoms with Crippen LogP contribution in [0.2, 0.25) is 0 Å². The number of aryl methyl sites for hydroxylation is 1. The Balaban J connectivity index is 1.93. The third kappa shape index (κ3) is 9.71. The average Bonchev–Trinajstić information content (AvgIpc) is 2.87. The molecule has 0 fully saturated rings. The Bertz CT molecular complexity index is 341. The van der Waals surface area contributed by atoms with Crippen LogP contribution in [0.5, 0.6) is 0 Å². The Kier molecular flexibility index (Phi) is 10.3. The lowest BCUT2D eigenvalue weighted by Gasteiger charge is -2.01. The zero-order chi connectivity index (χ0) is 15.3. The lowest BCUT2D eigenvalue weighted by atomic mass is 10.1. The number of rotatable bonds is 13. The summed E-state index contributed by atoms with van der Waals surface area (Å²) in [6, 6.07) is 0. The van der Waals surface area contributed by atoms with Crippen LogP contribution in [0.3, 0.4) is 0 Å². The minimum atomic E-state index is 0.725. The summed E-state index contributed by atoms with van der Waals surface area (Å²) in [5.74, 6) is 0.725. The fourth-order valence-corrected chi connectivity index (χ4v) is 2.88. The summed E-state index contributed by atoms with van der Waals surface area (Å²) in [5.41, 5.74) is 0. The van der Waals surface area contributed by atoms with E-state index in [-0.39, 0.29) is 0 Å². The summed E-state index contributed by atoms with van der Waals surface area (Å²) in [6.07, 6.45) is 20.8. The molecule has 0 aromatic carbocycles. The lowest BCUT2D eigenvalue weighted by Crippen LogP contribution is -2.33. The van der Waals surface area contributed by atoms with E-state index >= 15 is 0 Å². The predicted molar refractivity (Wildman–Crippen MR) is 91.3 cm³/mol. The molecule has 0 N–H and O–H groups in total. The van der Waals surface area contributed by atoms with Crippen LogP contribution < -0.4 is 4.57 Å². The first-order chi connectivity index (χ1) is 10.2. The highest BCUT2D eigenvalue weighted by Gasteiger charge is 2.05. The van der Waals surface area contributed by atoms with E-state index in [4.69, 9.17) is 0 Å². The minimum Gasteiger partial charge on any atom is -0.237 e. The van der Waals surface area contributed by atoms with Gasteiger partial charge in [-0.25, -0.2) is 9.13 Å². The van der Waals surface area contributed by atoms with Crippen LogP contribution in [0.1, 0.15) is 85.0 Å². The van der Waals surface area contributed by atoms with Crippen molar-refractivity contribution in [3.63, 3.8) is 0 Å². The highest BCUT2D eigenvalue weighted by molar-refractivity contribution is 4.66. The van der Waals surface area contributed by atoms with E-state index in [0.29, 0.717) is 0 Å². The summed E-state index contributed by atoms with van der Waals surface area (Å²) in [4.78, 5) is 0. The van der Waals surface area contributed by atoms with Gasteiger partial charge in [-0.1, -0.05) is 72.1 Å². The molecular formula is C19H37N2+. The fraction of sp³-hybridized carbons (Fsp3) is 0.842. The maximum Gasteiger partial charge on any atom is 0.243 e. The Morgan fingerprint density at radius 1 is 0.857 bits per heavy atom. The van der Waals surface area contributed by atoms with E-state index in [1.54, 1.807) is 0 Å².